The van der Waals surface area contributed by atoms with E-state index < -0.39 is 0 Å². The summed E-state index contributed by atoms with van der Waals surface area (Å²) in [5.41, 5.74) is -0.185. The fourth-order valence-electron chi connectivity index (χ4n) is 3.89. The van der Waals surface area contributed by atoms with Crippen LogP contribution in [0.15, 0.2) is 0 Å². The summed E-state index contributed by atoms with van der Waals surface area (Å²) in [6, 6.07) is 0.189. The van der Waals surface area contributed by atoms with Crippen molar-refractivity contribution < 1.29 is 9.59 Å². The molecular formula is C15H27N3O2. The maximum absolute atomic E-state index is 12.5. The van der Waals surface area contributed by atoms with Crippen LogP contribution >= 0.6 is 0 Å². The van der Waals surface area contributed by atoms with Crippen LogP contribution in [0.1, 0.15) is 39.5 Å². The van der Waals surface area contributed by atoms with Gasteiger partial charge in [-0.2, -0.15) is 0 Å². The van der Waals surface area contributed by atoms with Gasteiger partial charge >= 0.3 is 0 Å². The van der Waals surface area contributed by atoms with Crippen molar-refractivity contribution in [3.05, 3.63) is 0 Å². The molecule has 0 aromatic carbocycles. The highest BCUT2D eigenvalue weighted by Gasteiger charge is 2.49. The van der Waals surface area contributed by atoms with Gasteiger partial charge in [-0.15, -0.1) is 0 Å². The Morgan fingerprint density at radius 2 is 1.95 bits per heavy atom. The van der Waals surface area contributed by atoms with Gasteiger partial charge in [0.2, 0.25) is 11.8 Å². The minimum atomic E-state index is -0.185. The second kappa shape index (κ2) is 5.72. The normalized spacial score (nSPS) is 30.4. The standard InChI is InChI=1S/C15H27N3O2/c1-12(19)17-9-6-8-15(2)13(17)7-5-10-18(15)14(20)11-16(3)4/h13H,5-11H2,1-4H3/t13-,15+/m1/s1. The smallest absolute Gasteiger partial charge is 0.237 e. The van der Waals surface area contributed by atoms with Gasteiger partial charge in [-0.25, -0.2) is 0 Å². The molecule has 0 saturated carbocycles. The zero-order valence-corrected chi connectivity index (χ0v) is 13.2. The van der Waals surface area contributed by atoms with Crippen molar-refractivity contribution >= 4 is 11.8 Å². The lowest BCUT2D eigenvalue weighted by Crippen LogP contribution is -2.68. The third kappa shape index (κ3) is 2.68. The van der Waals surface area contributed by atoms with Crippen molar-refractivity contribution in [2.45, 2.75) is 51.1 Å². The summed E-state index contributed by atoms with van der Waals surface area (Å²) >= 11 is 0. The lowest BCUT2D eigenvalue weighted by atomic mass is 9.76. The van der Waals surface area contributed by atoms with Crippen LogP contribution in [0.4, 0.5) is 0 Å². The van der Waals surface area contributed by atoms with Gasteiger partial charge in [0.15, 0.2) is 0 Å². The SMILES string of the molecule is CC(=O)N1CCC[C@@]2(C)[C@H]1CCCN2C(=O)CN(C)C. The highest BCUT2D eigenvalue weighted by Crippen LogP contribution is 2.39. The van der Waals surface area contributed by atoms with Gasteiger partial charge in [0.05, 0.1) is 18.1 Å². The van der Waals surface area contributed by atoms with E-state index >= 15 is 0 Å². The quantitative estimate of drug-likeness (QED) is 0.756. The van der Waals surface area contributed by atoms with E-state index in [0.29, 0.717) is 6.54 Å². The van der Waals surface area contributed by atoms with E-state index in [2.05, 4.69) is 6.92 Å². The third-order valence-electron chi connectivity index (χ3n) is 4.81. The van der Waals surface area contributed by atoms with E-state index in [9.17, 15) is 9.59 Å². The van der Waals surface area contributed by atoms with Crippen molar-refractivity contribution in [1.82, 2.24) is 14.7 Å². The van der Waals surface area contributed by atoms with E-state index in [0.717, 1.165) is 38.8 Å². The lowest BCUT2D eigenvalue weighted by Gasteiger charge is -2.56. The summed E-state index contributed by atoms with van der Waals surface area (Å²) in [6.45, 7) is 5.92. The molecule has 5 nitrogen and oxygen atoms in total. The predicted molar refractivity (Wildman–Crippen MR) is 78.3 cm³/mol. The molecule has 0 unspecified atom stereocenters. The van der Waals surface area contributed by atoms with E-state index in [-0.39, 0.29) is 23.4 Å². The molecule has 2 amide bonds. The number of fused-ring (bicyclic) bond motifs is 1. The number of likely N-dealkylation sites (tertiary alicyclic amines) is 2. The molecule has 0 bridgehead atoms. The molecular weight excluding hydrogens is 254 g/mol. The summed E-state index contributed by atoms with van der Waals surface area (Å²) in [6.07, 6.45) is 3.99. The van der Waals surface area contributed by atoms with Gasteiger partial charge in [0, 0.05) is 20.0 Å². The average Bonchev–Trinajstić information content (AvgIpc) is 2.35. The number of rotatable bonds is 2. The largest absolute Gasteiger partial charge is 0.338 e. The first-order chi connectivity index (χ1) is 9.36. The fourth-order valence-corrected chi connectivity index (χ4v) is 3.89. The molecule has 2 heterocycles. The molecule has 2 aliphatic rings. The second-order valence-corrected chi connectivity index (χ2v) is 6.61. The number of hydrogen-bond acceptors (Lipinski definition) is 3. The zero-order chi connectivity index (χ0) is 14.9. The molecule has 5 heteroatoms. The molecule has 2 saturated heterocycles. The first kappa shape index (κ1) is 15.3. The molecule has 0 aromatic heterocycles. The highest BCUT2D eigenvalue weighted by molar-refractivity contribution is 5.80. The van der Waals surface area contributed by atoms with E-state index in [1.165, 1.54) is 0 Å². The monoisotopic (exact) mass is 281 g/mol. The Bertz CT molecular complexity index is 397. The Hall–Kier alpha value is -1.10. The van der Waals surface area contributed by atoms with Gasteiger partial charge in [0.25, 0.3) is 0 Å². The summed E-state index contributed by atoms with van der Waals surface area (Å²) in [7, 11) is 3.84. The van der Waals surface area contributed by atoms with Gasteiger partial charge in [-0.3, -0.25) is 9.59 Å². The first-order valence-corrected chi connectivity index (χ1v) is 7.58. The summed E-state index contributed by atoms with van der Waals surface area (Å²) in [5.74, 6) is 0.329. The third-order valence-corrected chi connectivity index (χ3v) is 4.81. The summed E-state index contributed by atoms with van der Waals surface area (Å²) in [4.78, 5) is 30.3. The van der Waals surface area contributed by atoms with Crippen LogP contribution < -0.4 is 0 Å². The van der Waals surface area contributed by atoms with Crippen molar-refractivity contribution in [3.8, 4) is 0 Å². The van der Waals surface area contributed by atoms with Gasteiger partial charge in [0.1, 0.15) is 0 Å². The molecule has 0 radical (unpaired) electrons. The summed E-state index contributed by atoms with van der Waals surface area (Å²) < 4.78 is 0. The van der Waals surface area contributed by atoms with Crippen LogP contribution in [0, 0.1) is 0 Å². The number of amides is 2. The summed E-state index contributed by atoms with van der Waals surface area (Å²) in [5, 5.41) is 0. The molecule has 0 N–H and O–H groups in total. The van der Waals surface area contributed by atoms with Crippen LogP contribution in [0.3, 0.4) is 0 Å². The number of carbonyl (C=O) groups excluding carboxylic acids is 2. The van der Waals surface area contributed by atoms with E-state index in [4.69, 9.17) is 0 Å². The molecule has 2 fully saturated rings. The molecule has 2 rings (SSSR count). The van der Waals surface area contributed by atoms with E-state index in [1.54, 1.807) is 6.92 Å². The van der Waals surface area contributed by atoms with Crippen LogP contribution in [-0.2, 0) is 9.59 Å². The second-order valence-electron chi connectivity index (χ2n) is 6.61. The number of hydrogen-bond donors (Lipinski definition) is 0. The Labute approximate surface area is 121 Å². The number of likely N-dealkylation sites (N-methyl/N-ethyl adjacent to an activating group) is 1. The van der Waals surface area contributed by atoms with Gasteiger partial charge < -0.3 is 14.7 Å². The Morgan fingerprint density at radius 3 is 2.55 bits per heavy atom. The zero-order valence-electron chi connectivity index (χ0n) is 13.2. The minimum Gasteiger partial charge on any atom is -0.338 e. The average molecular weight is 281 g/mol. The number of piperidine rings is 2. The van der Waals surface area contributed by atoms with Crippen LogP contribution in [-0.4, -0.2) is 71.8 Å². The number of nitrogens with zero attached hydrogens (tertiary/aromatic N) is 3. The van der Waals surface area contributed by atoms with Crippen molar-refractivity contribution in [2.24, 2.45) is 0 Å². The molecule has 0 aliphatic carbocycles. The molecule has 2 atom stereocenters. The Morgan fingerprint density at radius 1 is 1.25 bits per heavy atom. The predicted octanol–water partition coefficient (Wildman–Crippen LogP) is 0.940. The molecule has 2 aliphatic heterocycles. The highest BCUT2D eigenvalue weighted by atomic mass is 16.2. The topological polar surface area (TPSA) is 43.9 Å². The molecule has 20 heavy (non-hydrogen) atoms. The van der Waals surface area contributed by atoms with Crippen LogP contribution in [0.2, 0.25) is 0 Å². The maximum atomic E-state index is 12.5. The maximum Gasteiger partial charge on any atom is 0.237 e. The van der Waals surface area contributed by atoms with Gasteiger partial charge in [-0.1, -0.05) is 0 Å². The number of carbonyl (C=O) groups is 2. The van der Waals surface area contributed by atoms with Crippen LogP contribution in [0.5, 0.6) is 0 Å². The van der Waals surface area contributed by atoms with Crippen molar-refractivity contribution in [2.75, 3.05) is 33.7 Å². The molecule has 0 aromatic rings. The van der Waals surface area contributed by atoms with Gasteiger partial charge in [-0.05, 0) is 46.7 Å². The van der Waals surface area contributed by atoms with Crippen molar-refractivity contribution in [1.29, 1.82) is 0 Å². The molecule has 114 valence electrons. The Balaban J connectivity index is 2.23. The van der Waals surface area contributed by atoms with Crippen LogP contribution in [0.25, 0.3) is 0 Å². The van der Waals surface area contributed by atoms with Crippen molar-refractivity contribution in [3.63, 3.8) is 0 Å². The fraction of sp³-hybridized carbons (Fsp3) is 0.867. The first-order valence-electron chi connectivity index (χ1n) is 7.58. The molecule has 0 spiro atoms. The van der Waals surface area contributed by atoms with E-state index in [1.807, 2.05) is 28.8 Å². The minimum absolute atomic E-state index is 0.142. The lowest BCUT2D eigenvalue weighted by molar-refractivity contribution is -0.155. The Kier molecular flexibility index (Phi) is 4.37.